The van der Waals surface area contributed by atoms with Gasteiger partial charge in [-0.05, 0) is 42.8 Å². The summed E-state index contributed by atoms with van der Waals surface area (Å²) in [6, 6.07) is 12.2. The van der Waals surface area contributed by atoms with Crippen LogP contribution < -0.4 is 5.73 Å². The highest BCUT2D eigenvalue weighted by molar-refractivity contribution is 9.10. The summed E-state index contributed by atoms with van der Waals surface area (Å²) in [5.74, 6) is 0. The van der Waals surface area contributed by atoms with Crippen molar-refractivity contribution < 1.29 is 0 Å². The summed E-state index contributed by atoms with van der Waals surface area (Å²) < 4.78 is 2.18. The van der Waals surface area contributed by atoms with Crippen LogP contribution in [0.3, 0.4) is 0 Å². The third-order valence-electron chi connectivity index (χ3n) is 2.79. The Balaban J connectivity index is 2.19. The molecule has 0 amide bonds. The molecule has 0 spiro atoms. The second kappa shape index (κ2) is 4.37. The number of rotatable bonds is 1. The van der Waals surface area contributed by atoms with Gasteiger partial charge in [-0.1, -0.05) is 22.0 Å². The van der Waals surface area contributed by atoms with Crippen LogP contribution in [-0.2, 0) is 0 Å². The first kappa shape index (κ1) is 11.7. The molecule has 2 aromatic carbocycles. The summed E-state index contributed by atoms with van der Waals surface area (Å²) in [5.41, 5.74) is 10.1. The molecule has 18 heavy (non-hydrogen) atoms. The van der Waals surface area contributed by atoms with Gasteiger partial charge in [0, 0.05) is 15.7 Å². The topological polar surface area (TPSA) is 38.9 Å². The zero-order chi connectivity index (χ0) is 12.7. The largest absolute Gasteiger partial charge is 0.398 e. The van der Waals surface area contributed by atoms with Gasteiger partial charge in [0.15, 0.2) is 0 Å². The third-order valence-corrected chi connectivity index (χ3v) is 4.35. The fourth-order valence-electron chi connectivity index (χ4n) is 1.88. The Morgan fingerprint density at radius 3 is 2.78 bits per heavy atom. The first-order valence-corrected chi connectivity index (χ1v) is 7.17. The number of hydrogen-bond donors (Lipinski definition) is 1. The van der Waals surface area contributed by atoms with Gasteiger partial charge in [-0.2, -0.15) is 0 Å². The number of halogens is 1. The quantitative estimate of drug-likeness (QED) is 0.665. The number of hydrogen-bond acceptors (Lipinski definition) is 3. The van der Waals surface area contributed by atoms with Gasteiger partial charge in [-0.3, -0.25) is 0 Å². The summed E-state index contributed by atoms with van der Waals surface area (Å²) in [7, 11) is 0. The maximum Gasteiger partial charge on any atom is 0.126 e. The van der Waals surface area contributed by atoms with E-state index in [0.717, 1.165) is 26.2 Å². The zero-order valence-electron chi connectivity index (χ0n) is 9.77. The second-order valence-electron chi connectivity index (χ2n) is 4.22. The van der Waals surface area contributed by atoms with Crippen molar-refractivity contribution in [1.29, 1.82) is 0 Å². The zero-order valence-corrected chi connectivity index (χ0v) is 12.2. The molecule has 0 fully saturated rings. The van der Waals surface area contributed by atoms with Crippen LogP contribution in [0.25, 0.3) is 20.8 Å². The van der Waals surface area contributed by atoms with E-state index in [9.17, 15) is 0 Å². The smallest absolute Gasteiger partial charge is 0.126 e. The fourth-order valence-corrected chi connectivity index (χ4v) is 3.25. The van der Waals surface area contributed by atoms with Crippen molar-refractivity contribution in [3.63, 3.8) is 0 Å². The number of nitrogen functional groups attached to an aromatic ring is 1. The number of fused-ring (bicyclic) bond motifs is 1. The number of nitrogens with two attached hydrogens (primary N) is 1. The van der Waals surface area contributed by atoms with E-state index in [2.05, 4.69) is 46.0 Å². The molecule has 0 radical (unpaired) electrons. The first-order chi connectivity index (χ1) is 8.63. The van der Waals surface area contributed by atoms with Gasteiger partial charge in [0.1, 0.15) is 5.01 Å². The van der Waals surface area contributed by atoms with Gasteiger partial charge in [-0.25, -0.2) is 4.98 Å². The molecular weight excluding hydrogens is 308 g/mol. The monoisotopic (exact) mass is 318 g/mol. The van der Waals surface area contributed by atoms with Gasteiger partial charge < -0.3 is 5.73 Å². The molecule has 0 atom stereocenters. The van der Waals surface area contributed by atoms with Crippen molar-refractivity contribution >= 4 is 43.2 Å². The van der Waals surface area contributed by atoms with Crippen LogP contribution in [0.5, 0.6) is 0 Å². The Bertz CT molecular complexity index is 734. The van der Waals surface area contributed by atoms with E-state index in [4.69, 9.17) is 5.73 Å². The standard InChI is InChI=1S/C14H11BrN2S/c1-8-2-5-13-12(6-8)17-14(18-13)10-4-3-9(15)7-11(10)16/h2-7H,16H2,1H3. The molecule has 0 aliphatic carbocycles. The Morgan fingerprint density at radius 2 is 2.00 bits per heavy atom. The molecule has 3 aromatic rings. The Labute approximate surface area is 118 Å². The molecule has 0 aliphatic rings. The maximum absolute atomic E-state index is 6.04. The lowest BCUT2D eigenvalue weighted by Gasteiger charge is -2.01. The van der Waals surface area contributed by atoms with Crippen molar-refractivity contribution in [2.75, 3.05) is 5.73 Å². The van der Waals surface area contributed by atoms with E-state index < -0.39 is 0 Å². The molecule has 0 bridgehead atoms. The van der Waals surface area contributed by atoms with E-state index in [1.54, 1.807) is 11.3 Å². The van der Waals surface area contributed by atoms with Gasteiger partial charge in [0.05, 0.1) is 10.2 Å². The highest BCUT2D eigenvalue weighted by atomic mass is 79.9. The van der Waals surface area contributed by atoms with Crippen LogP contribution in [0.15, 0.2) is 40.9 Å². The Kier molecular flexibility index (Phi) is 2.84. The SMILES string of the molecule is Cc1ccc2sc(-c3ccc(Br)cc3N)nc2c1. The maximum atomic E-state index is 6.04. The summed E-state index contributed by atoms with van der Waals surface area (Å²) >= 11 is 5.09. The van der Waals surface area contributed by atoms with Crippen LogP contribution >= 0.6 is 27.3 Å². The van der Waals surface area contributed by atoms with Crippen molar-refractivity contribution in [2.24, 2.45) is 0 Å². The minimum Gasteiger partial charge on any atom is -0.398 e. The number of aromatic nitrogens is 1. The van der Waals surface area contributed by atoms with E-state index in [-0.39, 0.29) is 0 Å². The molecule has 4 heteroatoms. The summed E-state index contributed by atoms with van der Waals surface area (Å²) in [6.07, 6.45) is 0. The lowest BCUT2D eigenvalue weighted by Crippen LogP contribution is -1.89. The van der Waals surface area contributed by atoms with Crippen LogP contribution in [0.2, 0.25) is 0 Å². The summed E-state index contributed by atoms with van der Waals surface area (Å²) in [6.45, 7) is 2.08. The molecular formula is C14H11BrN2S. The lowest BCUT2D eigenvalue weighted by atomic mass is 10.2. The van der Waals surface area contributed by atoms with Crippen LogP contribution in [-0.4, -0.2) is 4.98 Å². The predicted octanol–water partition coefficient (Wildman–Crippen LogP) is 4.62. The van der Waals surface area contributed by atoms with Crippen LogP contribution in [0, 0.1) is 6.92 Å². The second-order valence-corrected chi connectivity index (χ2v) is 6.17. The molecule has 1 aromatic heterocycles. The van der Waals surface area contributed by atoms with Gasteiger partial charge in [0.25, 0.3) is 0 Å². The molecule has 0 saturated heterocycles. The van der Waals surface area contributed by atoms with Crippen molar-refractivity contribution in [2.45, 2.75) is 6.92 Å². The Morgan fingerprint density at radius 1 is 1.17 bits per heavy atom. The average molecular weight is 319 g/mol. The third kappa shape index (κ3) is 2.02. The summed E-state index contributed by atoms with van der Waals surface area (Å²) in [5, 5.41) is 0.973. The normalized spacial score (nSPS) is 11.0. The van der Waals surface area contributed by atoms with E-state index >= 15 is 0 Å². The van der Waals surface area contributed by atoms with E-state index in [0.29, 0.717) is 0 Å². The number of anilines is 1. The molecule has 90 valence electrons. The van der Waals surface area contributed by atoms with Gasteiger partial charge in [0.2, 0.25) is 0 Å². The Hall–Kier alpha value is -1.39. The fraction of sp³-hybridized carbons (Fsp3) is 0.0714. The van der Waals surface area contributed by atoms with Crippen molar-refractivity contribution in [3.8, 4) is 10.6 Å². The van der Waals surface area contributed by atoms with Gasteiger partial charge >= 0.3 is 0 Å². The van der Waals surface area contributed by atoms with Crippen LogP contribution in [0.1, 0.15) is 5.56 Å². The first-order valence-electron chi connectivity index (χ1n) is 5.56. The average Bonchev–Trinajstić information content (AvgIpc) is 2.71. The molecule has 2 N–H and O–H groups in total. The molecule has 3 rings (SSSR count). The highest BCUT2D eigenvalue weighted by Gasteiger charge is 2.09. The summed E-state index contributed by atoms with van der Waals surface area (Å²) in [4.78, 5) is 4.66. The number of benzene rings is 2. The molecule has 0 saturated carbocycles. The van der Waals surface area contributed by atoms with E-state index in [1.807, 2.05) is 18.2 Å². The predicted molar refractivity (Wildman–Crippen MR) is 81.9 cm³/mol. The van der Waals surface area contributed by atoms with Crippen molar-refractivity contribution in [3.05, 3.63) is 46.4 Å². The van der Waals surface area contributed by atoms with Gasteiger partial charge in [-0.15, -0.1) is 11.3 Å². The number of thiazole rings is 1. The van der Waals surface area contributed by atoms with Crippen LogP contribution in [0.4, 0.5) is 5.69 Å². The molecule has 0 unspecified atom stereocenters. The minimum atomic E-state index is 0.750. The molecule has 0 aliphatic heterocycles. The van der Waals surface area contributed by atoms with Crippen molar-refractivity contribution in [1.82, 2.24) is 4.98 Å². The highest BCUT2D eigenvalue weighted by Crippen LogP contribution is 2.34. The lowest BCUT2D eigenvalue weighted by molar-refractivity contribution is 1.44. The minimum absolute atomic E-state index is 0.750. The number of aryl methyl sites for hydroxylation is 1. The molecule has 1 heterocycles. The number of nitrogens with zero attached hydrogens (tertiary/aromatic N) is 1. The molecule has 2 nitrogen and oxygen atoms in total. The van der Waals surface area contributed by atoms with E-state index in [1.165, 1.54) is 10.3 Å².